The Labute approximate surface area is 302 Å². The van der Waals surface area contributed by atoms with Crippen LogP contribution in [0, 0.1) is 23.7 Å². The van der Waals surface area contributed by atoms with Crippen LogP contribution >= 0.6 is 0 Å². The molecule has 0 aromatic rings. The van der Waals surface area contributed by atoms with E-state index in [4.69, 9.17) is 23.1 Å². The van der Waals surface area contributed by atoms with Crippen LogP contribution < -0.4 is 0 Å². The Balaban J connectivity index is 3.85. The smallest absolute Gasteiger partial charge is 0.373 e. The van der Waals surface area contributed by atoms with E-state index in [0.29, 0.717) is 0 Å². The van der Waals surface area contributed by atoms with Gasteiger partial charge in [0.2, 0.25) is 5.76 Å². The second-order valence-corrected chi connectivity index (χ2v) is 25.5. The highest BCUT2D eigenvalue weighted by Crippen LogP contribution is 2.40. The minimum absolute atomic E-state index is 0.0265. The highest BCUT2D eigenvalue weighted by atomic mass is 28.4. The van der Waals surface area contributed by atoms with Gasteiger partial charge in [-0.25, -0.2) is 4.79 Å². The zero-order chi connectivity index (χ0) is 37.9. The van der Waals surface area contributed by atoms with Crippen molar-refractivity contribution >= 4 is 28.4 Å². The Morgan fingerprint density at radius 1 is 1.04 bits per heavy atom. The van der Waals surface area contributed by atoms with Gasteiger partial charge in [0.05, 0.1) is 19.3 Å². The van der Waals surface area contributed by atoms with Gasteiger partial charge >= 0.3 is 5.97 Å². The number of ketones is 1. The van der Waals surface area contributed by atoms with Gasteiger partial charge in [-0.15, -0.1) is 0 Å². The molecule has 0 aromatic heterocycles. The number of hydrogen-bond donors (Lipinski definition) is 0. The average Bonchev–Trinajstić information content (AvgIpc) is 3.02. The Kier molecular flexibility index (Phi) is 18.2. The van der Waals surface area contributed by atoms with Crippen molar-refractivity contribution in [3.05, 3.63) is 47.3 Å². The molecule has 0 aliphatic carbocycles. The van der Waals surface area contributed by atoms with Crippen molar-refractivity contribution < 1.29 is 32.7 Å². The third-order valence-corrected chi connectivity index (χ3v) is 20.4. The molecule has 0 aromatic carbocycles. The molecule has 0 saturated heterocycles. The van der Waals surface area contributed by atoms with Gasteiger partial charge in [0.25, 0.3) is 0 Å². The zero-order valence-corrected chi connectivity index (χ0v) is 36.2. The van der Waals surface area contributed by atoms with Gasteiger partial charge in [-0.3, -0.25) is 4.79 Å². The summed E-state index contributed by atoms with van der Waals surface area (Å²) >= 11 is 0. The maximum Gasteiger partial charge on any atom is 0.373 e. The van der Waals surface area contributed by atoms with E-state index in [9.17, 15) is 9.59 Å². The maximum atomic E-state index is 13.9. The van der Waals surface area contributed by atoms with Crippen molar-refractivity contribution in [2.75, 3.05) is 14.2 Å². The SMILES string of the molecule is CC[Si](CC)(CC)O[C@@H]1[C@H](C)/C=C(C)/C=C(\OC)C(=O)O[C@H]([C@@H](C)[C@@H](O[Si](C)(C)C(C)(C)C)[C@@H](C)C(C)=O)[C@@H](OC)/C=C/C=C(\C)C[C@@H]1C. The first kappa shape index (κ1) is 45.2. The number of Topliss-reactive ketones (excluding diaryl/α,β-unsaturated/α-hetero) is 1. The first-order valence-electron chi connectivity index (χ1n) is 18.5. The van der Waals surface area contributed by atoms with Gasteiger partial charge in [-0.1, -0.05) is 105 Å². The van der Waals surface area contributed by atoms with Crippen LogP contribution in [0.1, 0.15) is 96.4 Å². The molecule has 0 unspecified atom stereocenters. The Morgan fingerprint density at radius 2 is 1.61 bits per heavy atom. The maximum absolute atomic E-state index is 13.9. The number of allylic oxidation sites excluding steroid dienone is 5. The molecule has 0 fully saturated rings. The van der Waals surface area contributed by atoms with Gasteiger partial charge in [0.15, 0.2) is 16.6 Å². The van der Waals surface area contributed by atoms with E-state index in [0.717, 1.165) is 30.1 Å². The molecule has 8 atom stereocenters. The number of esters is 1. The number of carbonyl (C=O) groups is 2. The number of cyclic esters (lactones) is 1. The van der Waals surface area contributed by atoms with Crippen molar-refractivity contribution in [2.45, 2.75) is 157 Å². The van der Waals surface area contributed by atoms with Crippen molar-refractivity contribution in [2.24, 2.45) is 23.7 Å². The van der Waals surface area contributed by atoms with Crippen molar-refractivity contribution in [3.8, 4) is 0 Å². The van der Waals surface area contributed by atoms with Crippen LogP contribution in [0.2, 0.25) is 36.3 Å². The number of methoxy groups -OCH3 is 2. The van der Waals surface area contributed by atoms with E-state index in [2.05, 4.69) is 87.6 Å². The molecule has 49 heavy (non-hydrogen) atoms. The Bertz CT molecular complexity index is 1180. The third-order valence-electron chi connectivity index (χ3n) is 11.3. The second kappa shape index (κ2) is 19.7. The lowest BCUT2D eigenvalue weighted by Crippen LogP contribution is -2.52. The van der Waals surface area contributed by atoms with Crippen LogP contribution in [-0.4, -0.2) is 67.0 Å². The number of carbonyl (C=O) groups excluding carboxylic acids is 2. The lowest BCUT2D eigenvalue weighted by atomic mass is 9.85. The molecule has 9 heteroatoms. The molecule has 1 heterocycles. The fourth-order valence-corrected chi connectivity index (χ4v) is 11.1. The van der Waals surface area contributed by atoms with Crippen LogP contribution in [0.5, 0.6) is 0 Å². The molecule has 0 amide bonds. The molecule has 1 aliphatic rings. The minimum atomic E-state index is -2.32. The third kappa shape index (κ3) is 12.7. The molecule has 282 valence electrons. The van der Waals surface area contributed by atoms with Gasteiger partial charge in [0, 0.05) is 18.9 Å². The fraction of sp³-hybridized carbons (Fsp3) is 0.750. The summed E-state index contributed by atoms with van der Waals surface area (Å²) in [6.07, 6.45) is 9.05. The van der Waals surface area contributed by atoms with Crippen LogP contribution in [0.25, 0.3) is 0 Å². The molecule has 0 saturated carbocycles. The van der Waals surface area contributed by atoms with Crippen molar-refractivity contribution in [1.29, 1.82) is 0 Å². The normalized spacial score (nSPS) is 29.6. The average molecular weight is 721 g/mol. The van der Waals surface area contributed by atoms with Gasteiger partial charge in [-0.05, 0) is 81.4 Å². The van der Waals surface area contributed by atoms with Crippen LogP contribution in [-0.2, 0) is 32.7 Å². The van der Waals surface area contributed by atoms with Crippen LogP contribution in [0.15, 0.2) is 47.3 Å². The quantitative estimate of drug-likeness (QED) is 0.138. The van der Waals surface area contributed by atoms with E-state index < -0.39 is 46.8 Å². The number of rotatable bonds is 13. The Hall–Kier alpha value is -1.79. The summed E-state index contributed by atoms with van der Waals surface area (Å²) in [5, 5.41) is -0.0804. The molecule has 1 rings (SSSR count). The summed E-state index contributed by atoms with van der Waals surface area (Å²) < 4.78 is 32.1. The monoisotopic (exact) mass is 720 g/mol. The van der Waals surface area contributed by atoms with Crippen LogP contribution in [0.3, 0.4) is 0 Å². The van der Waals surface area contributed by atoms with E-state index in [1.807, 2.05) is 32.9 Å². The molecule has 7 nitrogen and oxygen atoms in total. The topological polar surface area (TPSA) is 80.3 Å². The van der Waals surface area contributed by atoms with E-state index >= 15 is 0 Å². The zero-order valence-electron chi connectivity index (χ0n) is 34.2. The van der Waals surface area contributed by atoms with Crippen molar-refractivity contribution in [3.63, 3.8) is 0 Å². The predicted octanol–water partition coefficient (Wildman–Crippen LogP) is 10.2. The lowest BCUT2D eigenvalue weighted by molar-refractivity contribution is -0.161. The van der Waals surface area contributed by atoms with E-state index in [-0.39, 0.29) is 40.4 Å². The molecule has 1 aliphatic heterocycles. The summed E-state index contributed by atoms with van der Waals surface area (Å²) in [4.78, 5) is 26.8. The Morgan fingerprint density at radius 3 is 2.08 bits per heavy atom. The summed E-state index contributed by atoms with van der Waals surface area (Å²) in [5.41, 5.74) is 2.13. The molecule has 0 N–H and O–H groups in total. The molecule has 0 bridgehead atoms. The summed E-state index contributed by atoms with van der Waals surface area (Å²) in [6.45, 7) is 31.8. The van der Waals surface area contributed by atoms with E-state index in [1.54, 1.807) is 20.1 Å². The fourth-order valence-electron chi connectivity index (χ4n) is 6.59. The first-order valence-corrected chi connectivity index (χ1v) is 24.0. The van der Waals surface area contributed by atoms with E-state index in [1.165, 1.54) is 12.7 Å². The first-order chi connectivity index (χ1) is 22.6. The minimum Gasteiger partial charge on any atom is -0.490 e. The number of hydrogen-bond acceptors (Lipinski definition) is 7. The molecule has 0 radical (unpaired) electrons. The highest BCUT2D eigenvalue weighted by Gasteiger charge is 2.45. The molecular formula is C40H72O7Si2. The standard InChI is InChI=1S/C40H72O7Si2/c1-18-49(19-2,20-3)47-36-29(6)24-27(4)22-21-23-34(43-14)38(45-39(42)35(44-15)26-28(5)25-30(36)7)32(9)37(31(8)33(10)41)46-48(16,17)40(11,12)13/h21-23,25-26,29-32,34,36-38H,18-20,24H2,1-17H3/b23-21+,27-22+,28-25+,35-26-/t29-,30+,31-,32-,34-,36-,37-,38+/m0/s1. The van der Waals surface area contributed by atoms with Crippen LogP contribution in [0.4, 0.5) is 0 Å². The summed E-state index contributed by atoms with van der Waals surface area (Å²) in [7, 11) is -1.11. The van der Waals surface area contributed by atoms with Gasteiger partial charge in [0.1, 0.15) is 18.0 Å². The number of ether oxygens (including phenoxy) is 3. The van der Waals surface area contributed by atoms with Gasteiger partial charge < -0.3 is 23.1 Å². The molecular weight excluding hydrogens is 649 g/mol. The lowest BCUT2D eigenvalue weighted by Gasteiger charge is -2.44. The predicted molar refractivity (Wildman–Crippen MR) is 209 cm³/mol. The van der Waals surface area contributed by atoms with Crippen molar-refractivity contribution in [1.82, 2.24) is 0 Å². The molecule has 0 spiro atoms. The summed E-state index contributed by atoms with van der Waals surface area (Å²) in [6, 6.07) is 3.25. The van der Waals surface area contributed by atoms with Gasteiger partial charge in [-0.2, -0.15) is 0 Å². The largest absolute Gasteiger partial charge is 0.490 e. The second-order valence-electron chi connectivity index (χ2n) is 16.1. The summed E-state index contributed by atoms with van der Waals surface area (Å²) in [5.74, 6) is -0.877. The highest BCUT2D eigenvalue weighted by molar-refractivity contribution is 6.74.